The average Bonchev–Trinajstić information content (AvgIpc) is 2.36. The Morgan fingerprint density at radius 1 is 1.15 bits per heavy atom. The van der Waals surface area contributed by atoms with E-state index < -0.39 is 0 Å². The Balaban J connectivity index is 3.01. The van der Waals surface area contributed by atoms with Gasteiger partial charge in [0.05, 0.1) is 0 Å². The highest BCUT2D eigenvalue weighted by Gasteiger charge is 2.44. The number of amides is 2. The van der Waals surface area contributed by atoms with Crippen molar-refractivity contribution in [2.75, 3.05) is 11.5 Å². The van der Waals surface area contributed by atoms with Crippen LogP contribution >= 0.6 is 11.8 Å². The lowest BCUT2D eigenvalue weighted by Crippen LogP contribution is -2.68. The summed E-state index contributed by atoms with van der Waals surface area (Å²) in [7, 11) is 0. The molecule has 3 atom stereocenters. The minimum atomic E-state index is -0.383. The summed E-state index contributed by atoms with van der Waals surface area (Å²) in [5, 5.41) is 2.90. The predicted molar refractivity (Wildman–Crippen MR) is 84.7 cm³/mol. The highest BCUT2D eigenvalue weighted by atomic mass is 32.2. The Hall–Kier alpha value is -0.710. The van der Waals surface area contributed by atoms with E-state index in [1.165, 1.54) is 0 Å². The Kier molecular flexibility index (Phi) is 6.37. The summed E-state index contributed by atoms with van der Waals surface area (Å²) in [6, 6.07) is -0.635. The minimum absolute atomic E-state index is 0.00773. The van der Waals surface area contributed by atoms with Crippen molar-refractivity contribution in [3.63, 3.8) is 0 Å². The van der Waals surface area contributed by atoms with Gasteiger partial charge in [-0.3, -0.25) is 9.59 Å². The van der Waals surface area contributed by atoms with Crippen molar-refractivity contribution in [1.29, 1.82) is 0 Å². The van der Waals surface area contributed by atoms with Crippen molar-refractivity contribution in [1.82, 2.24) is 10.2 Å². The molecular weight excluding hydrogens is 272 g/mol. The molecule has 0 aromatic heterocycles. The molecule has 0 saturated carbocycles. The fourth-order valence-corrected chi connectivity index (χ4v) is 3.40. The summed E-state index contributed by atoms with van der Waals surface area (Å²) < 4.78 is 0. The van der Waals surface area contributed by atoms with E-state index in [9.17, 15) is 9.59 Å². The molecule has 1 saturated heterocycles. The number of nitrogens with zero attached hydrogens (tertiary/aromatic N) is 1. The van der Waals surface area contributed by atoms with Gasteiger partial charge in [0.1, 0.15) is 12.1 Å². The zero-order chi connectivity index (χ0) is 15.4. The maximum absolute atomic E-state index is 12.7. The molecule has 116 valence electrons. The van der Waals surface area contributed by atoms with Gasteiger partial charge in [-0.05, 0) is 24.5 Å². The van der Waals surface area contributed by atoms with Crippen LogP contribution < -0.4 is 5.32 Å². The minimum Gasteiger partial charge on any atom is -0.342 e. The fourth-order valence-electron chi connectivity index (χ4n) is 2.66. The molecule has 20 heavy (non-hydrogen) atoms. The van der Waals surface area contributed by atoms with Crippen molar-refractivity contribution in [2.45, 2.75) is 59.7 Å². The molecule has 0 spiro atoms. The molecule has 1 heterocycles. The van der Waals surface area contributed by atoms with Gasteiger partial charge in [-0.2, -0.15) is 11.8 Å². The van der Waals surface area contributed by atoms with Gasteiger partial charge in [-0.25, -0.2) is 0 Å². The predicted octanol–water partition coefficient (Wildman–Crippen LogP) is 2.14. The molecule has 1 fully saturated rings. The highest BCUT2D eigenvalue weighted by Crippen LogP contribution is 2.24. The molecule has 0 aliphatic carbocycles. The van der Waals surface area contributed by atoms with Crippen LogP contribution in [0.5, 0.6) is 0 Å². The Morgan fingerprint density at radius 2 is 1.75 bits per heavy atom. The molecule has 3 unspecified atom stereocenters. The number of carbonyl (C=O) groups excluding carboxylic acids is 2. The van der Waals surface area contributed by atoms with Gasteiger partial charge in [0.15, 0.2) is 0 Å². The molecule has 5 heteroatoms. The normalized spacial score (nSPS) is 25.3. The first-order valence-electron chi connectivity index (χ1n) is 7.51. The van der Waals surface area contributed by atoms with E-state index in [1.807, 2.05) is 51.3 Å². The average molecular weight is 300 g/mol. The van der Waals surface area contributed by atoms with E-state index in [2.05, 4.69) is 12.2 Å². The summed E-state index contributed by atoms with van der Waals surface area (Å²) in [6.45, 7) is 12.1. The van der Waals surface area contributed by atoms with Gasteiger partial charge in [0.25, 0.3) is 0 Å². The van der Waals surface area contributed by atoms with Crippen molar-refractivity contribution < 1.29 is 9.59 Å². The van der Waals surface area contributed by atoms with Gasteiger partial charge in [-0.15, -0.1) is 0 Å². The van der Waals surface area contributed by atoms with Gasteiger partial charge in [0.2, 0.25) is 11.8 Å². The largest absolute Gasteiger partial charge is 0.342 e. The van der Waals surface area contributed by atoms with Gasteiger partial charge in [-0.1, -0.05) is 34.6 Å². The zero-order valence-corrected chi connectivity index (χ0v) is 14.3. The Labute approximate surface area is 127 Å². The molecule has 0 radical (unpaired) electrons. The number of nitrogens with one attached hydrogen (secondary N) is 1. The van der Waals surface area contributed by atoms with Crippen molar-refractivity contribution in [2.24, 2.45) is 11.8 Å². The summed E-state index contributed by atoms with van der Waals surface area (Å²) in [5.41, 5.74) is 0. The smallest absolute Gasteiger partial charge is 0.246 e. The first-order valence-corrected chi connectivity index (χ1v) is 8.67. The first kappa shape index (κ1) is 17.3. The summed E-state index contributed by atoms with van der Waals surface area (Å²) >= 11 is 1.81. The molecule has 0 aromatic carbocycles. The van der Waals surface area contributed by atoms with Crippen LogP contribution in [0.4, 0.5) is 0 Å². The van der Waals surface area contributed by atoms with Crippen LogP contribution in [0.25, 0.3) is 0 Å². The van der Waals surface area contributed by atoms with E-state index >= 15 is 0 Å². The Morgan fingerprint density at radius 3 is 2.20 bits per heavy atom. The monoisotopic (exact) mass is 300 g/mol. The molecule has 1 aliphatic heterocycles. The second kappa shape index (κ2) is 7.34. The molecule has 2 amide bonds. The lowest BCUT2D eigenvalue weighted by molar-refractivity contribution is -0.154. The first-order chi connectivity index (χ1) is 9.31. The van der Waals surface area contributed by atoms with Crippen LogP contribution in [0, 0.1) is 11.8 Å². The zero-order valence-electron chi connectivity index (χ0n) is 13.5. The van der Waals surface area contributed by atoms with Crippen LogP contribution in [-0.4, -0.2) is 46.3 Å². The summed E-state index contributed by atoms with van der Waals surface area (Å²) in [4.78, 5) is 26.9. The summed E-state index contributed by atoms with van der Waals surface area (Å²) in [6.07, 6.45) is 0. The third kappa shape index (κ3) is 3.68. The second-order valence-electron chi connectivity index (χ2n) is 6.17. The van der Waals surface area contributed by atoms with Gasteiger partial charge < -0.3 is 10.2 Å². The number of hydrogen-bond donors (Lipinski definition) is 1. The SMILES string of the molecule is CCSCC(C)N1C(=O)C(C(C)C)NC(=O)C1C(C)C. The van der Waals surface area contributed by atoms with Gasteiger partial charge >= 0.3 is 0 Å². The van der Waals surface area contributed by atoms with Crippen LogP contribution in [0.1, 0.15) is 41.5 Å². The number of hydrogen-bond acceptors (Lipinski definition) is 3. The third-order valence-corrected chi connectivity index (χ3v) is 4.85. The van der Waals surface area contributed by atoms with Crippen molar-refractivity contribution in [3.8, 4) is 0 Å². The molecule has 1 rings (SSSR count). The lowest BCUT2D eigenvalue weighted by atomic mass is 9.92. The number of carbonyl (C=O) groups is 2. The molecule has 0 aromatic rings. The molecule has 0 bridgehead atoms. The Bertz CT molecular complexity index is 358. The quantitative estimate of drug-likeness (QED) is 0.817. The maximum Gasteiger partial charge on any atom is 0.246 e. The van der Waals surface area contributed by atoms with Gasteiger partial charge in [0, 0.05) is 11.8 Å². The van der Waals surface area contributed by atoms with E-state index in [4.69, 9.17) is 0 Å². The number of rotatable bonds is 6. The van der Waals surface area contributed by atoms with E-state index in [-0.39, 0.29) is 41.8 Å². The van der Waals surface area contributed by atoms with Crippen LogP contribution in [0.3, 0.4) is 0 Å². The molecular formula is C15H28N2O2S. The fraction of sp³-hybridized carbons (Fsp3) is 0.867. The molecule has 1 aliphatic rings. The maximum atomic E-state index is 12.7. The standard InChI is InChI=1S/C15H28N2O2S/c1-7-20-8-11(6)17-13(10(4)5)14(18)16-12(9(2)3)15(17)19/h9-13H,7-8H2,1-6H3,(H,16,18). The second-order valence-corrected chi connectivity index (χ2v) is 7.49. The number of thioether (sulfide) groups is 1. The van der Waals surface area contributed by atoms with Crippen LogP contribution in [0.2, 0.25) is 0 Å². The third-order valence-electron chi connectivity index (χ3n) is 3.72. The van der Waals surface area contributed by atoms with E-state index in [0.29, 0.717) is 0 Å². The van der Waals surface area contributed by atoms with E-state index in [1.54, 1.807) is 0 Å². The summed E-state index contributed by atoms with van der Waals surface area (Å²) in [5.74, 6) is 2.21. The molecule has 4 nitrogen and oxygen atoms in total. The van der Waals surface area contributed by atoms with E-state index in [0.717, 1.165) is 11.5 Å². The lowest BCUT2D eigenvalue weighted by Gasteiger charge is -2.45. The number of piperazine rings is 1. The highest BCUT2D eigenvalue weighted by molar-refractivity contribution is 7.99. The van der Waals surface area contributed by atoms with Crippen LogP contribution in [-0.2, 0) is 9.59 Å². The van der Waals surface area contributed by atoms with Crippen molar-refractivity contribution >= 4 is 23.6 Å². The molecule has 1 N–H and O–H groups in total. The van der Waals surface area contributed by atoms with Crippen molar-refractivity contribution in [3.05, 3.63) is 0 Å². The topological polar surface area (TPSA) is 49.4 Å². The van der Waals surface area contributed by atoms with Crippen LogP contribution in [0.15, 0.2) is 0 Å².